The van der Waals surface area contributed by atoms with E-state index in [4.69, 9.17) is 5.26 Å². The van der Waals surface area contributed by atoms with Crippen LogP contribution < -0.4 is 5.32 Å². The van der Waals surface area contributed by atoms with Crippen molar-refractivity contribution in [3.05, 3.63) is 35.4 Å². The van der Waals surface area contributed by atoms with Gasteiger partial charge in [-0.1, -0.05) is 18.2 Å². The summed E-state index contributed by atoms with van der Waals surface area (Å²) in [6, 6.07) is 7.12. The molecule has 15 heavy (non-hydrogen) atoms. The zero-order chi connectivity index (χ0) is 11.3. The molecule has 0 aliphatic heterocycles. The quantitative estimate of drug-likeness (QED) is 0.619. The molecular weight excluding hydrogens is 205 g/mol. The third-order valence-electron chi connectivity index (χ3n) is 1.84. The Labute approximate surface area is 85.3 Å². The first kappa shape index (κ1) is 11.5. The van der Waals surface area contributed by atoms with Gasteiger partial charge in [-0.3, -0.25) is 0 Å². The highest BCUT2D eigenvalue weighted by molar-refractivity contribution is 5.29. The molecule has 0 radical (unpaired) electrons. The highest BCUT2D eigenvalue weighted by Crippen LogP contribution is 2.31. The normalized spacial score (nSPS) is 11.1. The van der Waals surface area contributed by atoms with E-state index in [0.717, 1.165) is 6.07 Å². The number of rotatable bonds is 3. The van der Waals surface area contributed by atoms with Crippen LogP contribution in [-0.4, -0.2) is 6.54 Å². The molecule has 1 aromatic rings. The van der Waals surface area contributed by atoms with Gasteiger partial charge in [-0.2, -0.15) is 18.4 Å². The first-order valence-corrected chi connectivity index (χ1v) is 4.28. The van der Waals surface area contributed by atoms with E-state index in [9.17, 15) is 13.2 Å². The first-order chi connectivity index (χ1) is 7.05. The number of halogens is 3. The fourth-order valence-electron chi connectivity index (χ4n) is 1.20. The van der Waals surface area contributed by atoms with Gasteiger partial charge in [0.15, 0.2) is 0 Å². The molecule has 0 spiro atoms. The van der Waals surface area contributed by atoms with E-state index in [1.54, 1.807) is 12.1 Å². The lowest BCUT2D eigenvalue weighted by Gasteiger charge is -2.12. The average molecular weight is 214 g/mol. The third-order valence-corrected chi connectivity index (χ3v) is 1.84. The molecule has 1 rings (SSSR count). The van der Waals surface area contributed by atoms with Crippen LogP contribution in [0.25, 0.3) is 0 Å². The van der Waals surface area contributed by atoms with Gasteiger partial charge in [0.1, 0.15) is 0 Å². The molecule has 0 amide bonds. The second kappa shape index (κ2) is 4.80. The number of hydrogen-bond donors (Lipinski definition) is 1. The van der Waals surface area contributed by atoms with Crippen molar-refractivity contribution in [2.24, 2.45) is 0 Å². The van der Waals surface area contributed by atoms with Gasteiger partial charge in [0, 0.05) is 6.54 Å². The molecule has 0 aliphatic rings. The largest absolute Gasteiger partial charge is 0.416 e. The molecule has 1 N–H and O–H groups in total. The Morgan fingerprint density at radius 2 is 1.93 bits per heavy atom. The highest BCUT2D eigenvalue weighted by atomic mass is 19.4. The molecular formula is C10H9F3N2. The summed E-state index contributed by atoms with van der Waals surface area (Å²) in [6.45, 7) is 0.0788. The molecule has 0 fully saturated rings. The summed E-state index contributed by atoms with van der Waals surface area (Å²) in [5, 5.41) is 10.8. The number of benzene rings is 1. The number of nitriles is 1. The van der Waals surface area contributed by atoms with Crippen LogP contribution in [0, 0.1) is 11.3 Å². The second-order valence-electron chi connectivity index (χ2n) is 2.92. The van der Waals surface area contributed by atoms with Crippen LogP contribution in [-0.2, 0) is 12.7 Å². The molecule has 0 atom stereocenters. The maximum atomic E-state index is 12.5. The van der Waals surface area contributed by atoms with E-state index >= 15 is 0 Å². The summed E-state index contributed by atoms with van der Waals surface area (Å²) < 4.78 is 37.4. The van der Waals surface area contributed by atoms with E-state index in [0.29, 0.717) is 0 Å². The fraction of sp³-hybridized carbons (Fsp3) is 0.300. The Balaban J connectivity index is 2.83. The van der Waals surface area contributed by atoms with Gasteiger partial charge in [0.05, 0.1) is 18.2 Å². The minimum Gasteiger partial charge on any atom is -0.300 e. The molecule has 0 saturated carbocycles. The predicted molar refractivity (Wildman–Crippen MR) is 48.8 cm³/mol. The topological polar surface area (TPSA) is 35.8 Å². The minimum absolute atomic E-state index is 0.0339. The minimum atomic E-state index is -4.34. The molecule has 1 aromatic carbocycles. The second-order valence-corrected chi connectivity index (χ2v) is 2.92. The van der Waals surface area contributed by atoms with Crippen LogP contribution in [0.1, 0.15) is 11.1 Å². The lowest BCUT2D eigenvalue weighted by molar-refractivity contribution is -0.138. The summed E-state index contributed by atoms with van der Waals surface area (Å²) in [4.78, 5) is 0. The first-order valence-electron chi connectivity index (χ1n) is 4.28. The van der Waals surface area contributed by atoms with E-state index in [1.165, 1.54) is 12.1 Å². The smallest absolute Gasteiger partial charge is 0.300 e. The van der Waals surface area contributed by atoms with Gasteiger partial charge >= 0.3 is 6.18 Å². The van der Waals surface area contributed by atoms with Crippen molar-refractivity contribution in [1.29, 1.82) is 5.26 Å². The molecule has 5 heteroatoms. The van der Waals surface area contributed by atoms with Crippen molar-refractivity contribution in [2.45, 2.75) is 12.7 Å². The number of alkyl halides is 3. The summed E-state index contributed by atoms with van der Waals surface area (Å²) in [5.41, 5.74) is -0.504. The Morgan fingerprint density at radius 1 is 1.27 bits per heavy atom. The molecule has 80 valence electrons. The lowest BCUT2D eigenvalue weighted by atomic mass is 10.1. The number of nitrogens with one attached hydrogen (secondary N) is 1. The Kier molecular flexibility index (Phi) is 3.69. The third kappa shape index (κ3) is 3.26. The zero-order valence-corrected chi connectivity index (χ0v) is 7.80. The summed E-state index contributed by atoms with van der Waals surface area (Å²) in [6.07, 6.45) is -4.34. The van der Waals surface area contributed by atoms with Gasteiger partial charge in [0.2, 0.25) is 0 Å². The highest BCUT2D eigenvalue weighted by Gasteiger charge is 2.32. The van der Waals surface area contributed by atoms with E-state index < -0.39 is 11.7 Å². The predicted octanol–water partition coefficient (Wildman–Crippen LogP) is 2.32. The maximum Gasteiger partial charge on any atom is 0.416 e. The maximum absolute atomic E-state index is 12.5. The molecule has 2 nitrogen and oxygen atoms in total. The molecule has 0 heterocycles. The molecule has 0 bridgehead atoms. The van der Waals surface area contributed by atoms with Crippen molar-refractivity contribution in [3.63, 3.8) is 0 Å². The van der Waals surface area contributed by atoms with Gasteiger partial charge < -0.3 is 5.32 Å². The van der Waals surface area contributed by atoms with Gasteiger partial charge in [-0.05, 0) is 11.6 Å². The Hall–Kier alpha value is -1.54. The van der Waals surface area contributed by atoms with Crippen molar-refractivity contribution in [1.82, 2.24) is 5.32 Å². The Morgan fingerprint density at radius 3 is 2.53 bits per heavy atom. The standard InChI is InChI=1S/C10H9F3N2/c11-10(12,13)9-4-2-1-3-8(9)7-15-6-5-14/h1-4,15H,6-7H2. The van der Waals surface area contributed by atoms with Crippen molar-refractivity contribution >= 4 is 0 Å². The fourth-order valence-corrected chi connectivity index (χ4v) is 1.20. The summed E-state index contributed by atoms with van der Waals surface area (Å²) >= 11 is 0. The van der Waals surface area contributed by atoms with Crippen molar-refractivity contribution in [3.8, 4) is 6.07 Å². The SMILES string of the molecule is N#CCNCc1ccccc1C(F)(F)F. The molecule has 0 unspecified atom stereocenters. The van der Waals surface area contributed by atoms with Gasteiger partial charge in [-0.25, -0.2) is 0 Å². The summed E-state index contributed by atoms with van der Waals surface area (Å²) in [5.74, 6) is 0. The average Bonchev–Trinajstić information content (AvgIpc) is 2.17. The van der Waals surface area contributed by atoms with Crippen LogP contribution >= 0.6 is 0 Å². The molecule has 0 saturated heterocycles. The van der Waals surface area contributed by atoms with E-state index in [-0.39, 0.29) is 18.7 Å². The lowest BCUT2D eigenvalue weighted by Crippen LogP contribution is -2.17. The van der Waals surface area contributed by atoms with Crippen LogP contribution in [0.2, 0.25) is 0 Å². The monoisotopic (exact) mass is 214 g/mol. The van der Waals surface area contributed by atoms with Gasteiger partial charge in [0.25, 0.3) is 0 Å². The summed E-state index contributed by atoms with van der Waals surface area (Å²) in [7, 11) is 0. The van der Waals surface area contributed by atoms with E-state index in [2.05, 4.69) is 5.32 Å². The van der Waals surface area contributed by atoms with Crippen LogP contribution in [0.4, 0.5) is 13.2 Å². The van der Waals surface area contributed by atoms with Crippen molar-refractivity contribution in [2.75, 3.05) is 6.54 Å². The van der Waals surface area contributed by atoms with Crippen LogP contribution in [0.5, 0.6) is 0 Å². The van der Waals surface area contributed by atoms with Gasteiger partial charge in [-0.15, -0.1) is 0 Å². The van der Waals surface area contributed by atoms with Crippen LogP contribution in [0.15, 0.2) is 24.3 Å². The number of nitrogens with zero attached hydrogens (tertiary/aromatic N) is 1. The zero-order valence-electron chi connectivity index (χ0n) is 7.80. The molecule has 0 aromatic heterocycles. The molecule has 0 aliphatic carbocycles. The van der Waals surface area contributed by atoms with E-state index in [1.807, 2.05) is 0 Å². The number of hydrogen-bond acceptors (Lipinski definition) is 2. The Bertz CT molecular complexity index is 366. The van der Waals surface area contributed by atoms with Crippen molar-refractivity contribution < 1.29 is 13.2 Å². The van der Waals surface area contributed by atoms with Crippen LogP contribution in [0.3, 0.4) is 0 Å².